The summed E-state index contributed by atoms with van der Waals surface area (Å²) in [6.45, 7) is 1.79. The maximum Gasteiger partial charge on any atom is 0.233 e. The summed E-state index contributed by atoms with van der Waals surface area (Å²) in [5.41, 5.74) is 14.5. The summed E-state index contributed by atoms with van der Waals surface area (Å²) < 4.78 is 8.62. The number of hydrogen-bond acceptors (Lipinski definition) is 4. The molecule has 2 N–H and O–H groups in total. The van der Waals surface area contributed by atoms with Crippen molar-refractivity contribution in [2.24, 2.45) is 5.73 Å². The van der Waals surface area contributed by atoms with Crippen LogP contribution >= 0.6 is 0 Å². The Labute approximate surface area is 211 Å². The van der Waals surface area contributed by atoms with Crippen LogP contribution in [0.15, 0.2) is 84.4 Å². The van der Waals surface area contributed by atoms with Crippen molar-refractivity contribution in [2.75, 3.05) is 13.2 Å². The molecule has 1 unspecified atom stereocenters. The predicted octanol–water partition coefficient (Wildman–Crippen LogP) is 5.48. The van der Waals surface area contributed by atoms with E-state index in [1.807, 2.05) is 36.4 Å². The van der Waals surface area contributed by atoms with Gasteiger partial charge in [-0.15, -0.1) is 0 Å². The van der Waals surface area contributed by atoms with Gasteiger partial charge in [-0.05, 0) is 37.0 Å². The zero-order chi connectivity index (χ0) is 24.1. The Morgan fingerprint density at radius 2 is 1.67 bits per heavy atom. The van der Waals surface area contributed by atoms with E-state index >= 15 is 0 Å². The van der Waals surface area contributed by atoms with Crippen LogP contribution in [0.5, 0.6) is 5.75 Å². The van der Waals surface area contributed by atoms with Crippen molar-refractivity contribution in [1.82, 2.24) is 9.97 Å². The molecule has 0 bridgehead atoms. The molecule has 1 saturated carbocycles. The second-order valence-electron chi connectivity index (χ2n) is 10.2. The molecule has 0 radical (unpaired) electrons. The van der Waals surface area contributed by atoms with Crippen molar-refractivity contribution in [3.8, 4) is 28.3 Å². The third-order valence-electron chi connectivity index (χ3n) is 7.89. The van der Waals surface area contributed by atoms with Gasteiger partial charge in [0.15, 0.2) is 6.21 Å². The van der Waals surface area contributed by atoms with Crippen LogP contribution in [0.25, 0.3) is 33.5 Å². The van der Waals surface area contributed by atoms with Gasteiger partial charge in [0.2, 0.25) is 12.6 Å². The summed E-state index contributed by atoms with van der Waals surface area (Å²) in [6, 6.07) is 25.5. The number of fused-ring (bicyclic) bond motifs is 2. The van der Waals surface area contributed by atoms with Gasteiger partial charge in [0.1, 0.15) is 11.3 Å². The first kappa shape index (κ1) is 21.5. The zero-order valence-corrected chi connectivity index (χ0v) is 20.2. The van der Waals surface area contributed by atoms with Gasteiger partial charge in [-0.1, -0.05) is 60.7 Å². The van der Waals surface area contributed by atoms with Crippen LogP contribution < -0.4 is 10.5 Å². The fourth-order valence-electron chi connectivity index (χ4n) is 5.45. The van der Waals surface area contributed by atoms with Crippen LogP contribution in [-0.2, 0) is 5.54 Å². The molecule has 178 valence electrons. The van der Waals surface area contributed by atoms with Gasteiger partial charge in [0, 0.05) is 34.7 Å². The maximum atomic E-state index is 6.58. The summed E-state index contributed by atoms with van der Waals surface area (Å²) in [5, 5.41) is 0. The first-order chi connectivity index (χ1) is 17.7. The Morgan fingerprint density at radius 3 is 2.36 bits per heavy atom. The number of allylic oxidation sites excluding steroid dienone is 1. The van der Waals surface area contributed by atoms with Gasteiger partial charge in [0.25, 0.3) is 0 Å². The zero-order valence-electron chi connectivity index (χ0n) is 20.2. The largest absolute Gasteiger partial charge is 0.491 e. The van der Waals surface area contributed by atoms with E-state index in [0.717, 1.165) is 65.1 Å². The van der Waals surface area contributed by atoms with E-state index < -0.39 is 0 Å². The number of aromatic nitrogens is 2. The molecule has 4 aromatic rings. The van der Waals surface area contributed by atoms with E-state index in [1.54, 1.807) is 0 Å². The third kappa shape index (κ3) is 3.71. The normalized spacial score (nSPS) is 19.3. The Morgan fingerprint density at radius 1 is 0.889 bits per heavy atom. The SMILES string of the molecule is NC1(c2ccc(-c3nc4c(OCCC5=CC=[N+]6CC56)cccc4nc3-c3ccccc3)cc2)CCC1. The van der Waals surface area contributed by atoms with Gasteiger partial charge < -0.3 is 10.5 Å². The summed E-state index contributed by atoms with van der Waals surface area (Å²) in [6.07, 6.45) is 8.63. The van der Waals surface area contributed by atoms with E-state index in [0.29, 0.717) is 12.6 Å². The lowest BCUT2D eigenvalue weighted by Gasteiger charge is -2.38. The minimum absolute atomic E-state index is 0.180. The Balaban J connectivity index is 1.26. The highest BCUT2D eigenvalue weighted by Gasteiger charge is 2.46. The number of benzene rings is 3. The summed E-state index contributed by atoms with van der Waals surface area (Å²) >= 11 is 0. The number of nitrogens with two attached hydrogens (primary N) is 1. The summed E-state index contributed by atoms with van der Waals surface area (Å²) in [4.78, 5) is 10.3. The monoisotopic (exact) mass is 473 g/mol. The van der Waals surface area contributed by atoms with Gasteiger partial charge >= 0.3 is 0 Å². The Kier molecular flexibility index (Phi) is 5.00. The first-order valence-corrected chi connectivity index (χ1v) is 12.9. The molecule has 5 nitrogen and oxygen atoms in total. The highest BCUT2D eigenvalue weighted by Crippen LogP contribution is 2.40. The van der Waals surface area contributed by atoms with E-state index in [-0.39, 0.29) is 5.54 Å². The summed E-state index contributed by atoms with van der Waals surface area (Å²) in [5.74, 6) is 0.781. The van der Waals surface area contributed by atoms with Crippen LogP contribution in [0.2, 0.25) is 0 Å². The topological polar surface area (TPSA) is 64.0 Å². The minimum Gasteiger partial charge on any atom is -0.491 e. The van der Waals surface area contributed by atoms with Crippen molar-refractivity contribution in [2.45, 2.75) is 37.3 Å². The van der Waals surface area contributed by atoms with Gasteiger partial charge in [-0.2, -0.15) is 0 Å². The molecule has 0 spiro atoms. The fourth-order valence-corrected chi connectivity index (χ4v) is 5.45. The van der Waals surface area contributed by atoms with Gasteiger partial charge in [-0.25, -0.2) is 14.5 Å². The van der Waals surface area contributed by atoms with E-state index in [4.69, 9.17) is 20.4 Å². The Bertz CT molecular complexity index is 1520. The average molecular weight is 474 g/mol. The fraction of sp³-hybridized carbons (Fsp3) is 0.258. The standard InChI is InChI=1S/C31H29N4O/c32-31(16-5-17-31)24-12-10-23(11-13-24)29-28(22-6-2-1-3-7-22)33-25-8-4-9-27(30(25)34-29)36-19-15-21-14-18-35-20-26(21)35/h1-4,6-14,18,26H,5,15-17,19-20,32H2/q+1. The molecule has 7 rings (SSSR count). The molecule has 3 aromatic carbocycles. The number of para-hydroxylation sites is 1. The molecular formula is C31H29N4O+. The van der Waals surface area contributed by atoms with Crippen LogP contribution in [0.3, 0.4) is 0 Å². The lowest BCUT2D eigenvalue weighted by molar-refractivity contribution is -0.344. The first-order valence-electron chi connectivity index (χ1n) is 12.9. The quantitative estimate of drug-likeness (QED) is 0.285. The minimum atomic E-state index is -0.180. The smallest absolute Gasteiger partial charge is 0.233 e. The maximum absolute atomic E-state index is 6.58. The van der Waals surface area contributed by atoms with Crippen molar-refractivity contribution >= 4 is 17.2 Å². The molecule has 1 atom stereocenters. The van der Waals surface area contributed by atoms with Crippen molar-refractivity contribution in [1.29, 1.82) is 0 Å². The molecule has 3 aliphatic rings. The van der Waals surface area contributed by atoms with Crippen molar-refractivity contribution in [3.63, 3.8) is 0 Å². The average Bonchev–Trinajstić information content (AvgIpc) is 3.59. The number of hydrogen-bond donors (Lipinski definition) is 1. The second kappa shape index (κ2) is 8.38. The molecular weight excluding hydrogens is 444 g/mol. The molecule has 1 aliphatic carbocycles. The molecule has 36 heavy (non-hydrogen) atoms. The molecule has 3 heterocycles. The predicted molar refractivity (Wildman–Crippen MR) is 143 cm³/mol. The lowest BCUT2D eigenvalue weighted by Crippen LogP contribution is -2.43. The number of ether oxygens (including phenoxy) is 1. The molecule has 2 aliphatic heterocycles. The number of nitrogens with zero attached hydrogens (tertiary/aromatic N) is 3. The molecule has 5 heteroatoms. The highest BCUT2D eigenvalue weighted by molar-refractivity contribution is 5.89. The molecule has 0 amide bonds. The van der Waals surface area contributed by atoms with E-state index in [2.05, 4.69) is 53.3 Å². The highest BCUT2D eigenvalue weighted by atomic mass is 16.5. The van der Waals surface area contributed by atoms with Crippen LogP contribution in [0.4, 0.5) is 0 Å². The van der Waals surface area contributed by atoms with E-state index in [1.165, 1.54) is 17.6 Å². The molecule has 2 fully saturated rings. The van der Waals surface area contributed by atoms with Gasteiger partial charge in [-0.3, -0.25) is 0 Å². The van der Waals surface area contributed by atoms with Crippen LogP contribution in [-0.4, -0.2) is 40.0 Å². The van der Waals surface area contributed by atoms with Crippen molar-refractivity contribution in [3.05, 3.63) is 90.0 Å². The van der Waals surface area contributed by atoms with Gasteiger partial charge in [0.05, 0.1) is 23.5 Å². The second-order valence-corrected chi connectivity index (χ2v) is 10.2. The summed E-state index contributed by atoms with van der Waals surface area (Å²) in [7, 11) is 0. The van der Waals surface area contributed by atoms with Crippen LogP contribution in [0.1, 0.15) is 31.2 Å². The molecule has 1 aromatic heterocycles. The van der Waals surface area contributed by atoms with Crippen LogP contribution in [0, 0.1) is 0 Å². The Hall–Kier alpha value is -3.83. The number of rotatable bonds is 7. The van der Waals surface area contributed by atoms with Crippen molar-refractivity contribution < 1.29 is 9.31 Å². The lowest BCUT2D eigenvalue weighted by atomic mass is 9.72. The molecule has 1 saturated heterocycles. The third-order valence-corrected chi connectivity index (χ3v) is 7.89. The van der Waals surface area contributed by atoms with E-state index in [9.17, 15) is 0 Å².